The van der Waals surface area contributed by atoms with Crippen molar-refractivity contribution in [3.8, 4) is 0 Å². The van der Waals surface area contributed by atoms with Crippen molar-refractivity contribution in [2.45, 2.75) is 25.7 Å². The first-order chi connectivity index (χ1) is 5.56. The van der Waals surface area contributed by atoms with E-state index in [1.807, 2.05) is 0 Å². The van der Waals surface area contributed by atoms with Crippen LogP contribution in [0.25, 0.3) is 0 Å². The molecule has 6 heteroatoms. The molecular weight excluding hydrogens is 174 g/mol. The molecule has 0 aliphatic heterocycles. The summed E-state index contributed by atoms with van der Waals surface area (Å²) in [4.78, 5) is 18.2. The van der Waals surface area contributed by atoms with E-state index in [9.17, 15) is 0 Å². The van der Waals surface area contributed by atoms with Gasteiger partial charge in [-0.3, -0.25) is 0 Å². The second-order valence-electron chi connectivity index (χ2n) is 2.02. The zero-order valence-corrected chi connectivity index (χ0v) is 8.95. The Bertz CT molecular complexity index is 123. The number of carboxylic acids is 2. The van der Waals surface area contributed by atoms with Gasteiger partial charge in [0.1, 0.15) is 0 Å². The minimum absolute atomic E-state index is 0. The molecule has 4 nitrogen and oxygen atoms in total. The Balaban J connectivity index is -0.0000000625. The normalized spacial score (nSPS) is 7.00. The van der Waals surface area contributed by atoms with Gasteiger partial charge in [-0.25, -0.2) is 9.59 Å². The number of rotatable bonds is 3. The van der Waals surface area contributed by atoms with Crippen LogP contribution in [-0.4, -0.2) is 22.2 Å². The molecule has 0 saturated heterocycles. The first kappa shape index (κ1) is 23.7. The summed E-state index contributed by atoms with van der Waals surface area (Å²) in [6, 6.07) is 0. The van der Waals surface area contributed by atoms with E-state index in [1.54, 1.807) is 0 Å². The third-order valence-corrected chi connectivity index (χ3v) is 0.933. The summed E-state index contributed by atoms with van der Waals surface area (Å²) in [5.41, 5.74) is 0. The quantitative estimate of drug-likeness (QED) is 0.202. The summed E-state index contributed by atoms with van der Waals surface area (Å²) >= 11 is 0. The molecule has 0 aromatic rings. The number of hydrogen-bond acceptors (Lipinski definition) is 2. The number of carbonyl (C=O) groups is 2. The van der Waals surface area contributed by atoms with Crippen LogP contribution in [0.5, 0.6) is 0 Å². The number of hydrogen-bond donors (Lipinski definition) is 2. The Kier molecular flexibility index (Phi) is 31.9. The largest absolute Gasteiger partial charge is 1.00 e. The number of unbranched alkanes of at least 4 members (excludes halogenated alkanes) is 3. The number of aliphatic carboxylic acids is 2. The van der Waals surface area contributed by atoms with Crippen LogP contribution in [0, 0.1) is 13.8 Å². The standard InChI is InChI=1S/C6H12.C2H2O4.2Li/c1-3-5-6-4-2;3-1(4)2(5)6;;/h1-6H2;(H,3,4)(H,5,6);;/q-2;;2*+1. The molecule has 0 aliphatic rings. The van der Waals surface area contributed by atoms with Gasteiger partial charge in [0.05, 0.1) is 0 Å². The molecule has 0 amide bonds. The molecule has 0 heterocycles. The van der Waals surface area contributed by atoms with E-state index in [4.69, 9.17) is 19.8 Å². The Hall–Kier alpha value is 0.135. The molecule has 0 aromatic carbocycles. The van der Waals surface area contributed by atoms with Crippen molar-refractivity contribution in [1.82, 2.24) is 0 Å². The summed E-state index contributed by atoms with van der Waals surface area (Å²) in [7, 11) is 0. The molecular formula is C8H14Li2O4. The van der Waals surface area contributed by atoms with Gasteiger partial charge in [-0.2, -0.15) is 12.8 Å². The molecule has 0 rings (SSSR count). The van der Waals surface area contributed by atoms with Crippen LogP contribution in [0.15, 0.2) is 0 Å². The minimum Gasteiger partial charge on any atom is -0.473 e. The van der Waals surface area contributed by atoms with Crippen LogP contribution in [-0.2, 0) is 9.59 Å². The summed E-state index contributed by atoms with van der Waals surface area (Å²) in [6.45, 7) is 7.39. The second kappa shape index (κ2) is 18.8. The maximum atomic E-state index is 9.10. The van der Waals surface area contributed by atoms with Crippen LogP contribution < -0.4 is 37.7 Å². The fraction of sp³-hybridized carbons (Fsp3) is 0.500. The first-order valence-electron chi connectivity index (χ1n) is 3.61. The van der Waals surface area contributed by atoms with Crippen molar-refractivity contribution in [2.75, 3.05) is 0 Å². The molecule has 72 valence electrons. The zero-order chi connectivity index (χ0) is 9.98. The van der Waals surface area contributed by atoms with Gasteiger partial charge < -0.3 is 24.1 Å². The molecule has 0 aromatic heterocycles. The molecule has 0 atom stereocenters. The Morgan fingerprint density at radius 2 is 1.07 bits per heavy atom. The molecule has 14 heavy (non-hydrogen) atoms. The fourth-order valence-corrected chi connectivity index (χ4v) is 0.354. The van der Waals surface area contributed by atoms with Crippen molar-refractivity contribution in [3.05, 3.63) is 13.8 Å². The number of carboxylic acid groups (broad SMARTS) is 2. The van der Waals surface area contributed by atoms with Gasteiger partial charge in [0.2, 0.25) is 0 Å². The Labute approximate surface area is 109 Å². The topological polar surface area (TPSA) is 74.6 Å². The minimum atomic E-state index is -1.82. The monoisotopic (exact) mass is 188 g/mol. The van der Waals surface area contributed by atoms with Crippen molar-refractivity contribution in [2.24, 2.45) is 0 Å². The summed E-state index contributed by atoms with van der Waals surface area (Å²) in [6.07, 6.45) is 4.61. The van der Waals surface area contributed by atoms with E-state index < -0.39 is 11.9 Å². The molecule has 0 bridgehead atoms. The van der Waals surface area contributed by atoms with E-state index in [-0.39, 0.29) is 37.7 Å². The second-order valence-corrected chi connectivity index (χ2v) is 2.02. The van der Waals surface area contributed by atoms with E-state index in [1.165, 1.54) is 12.8 Å². The van der Waals surface area contributed by atoms with Crippen molar-refractivity contribution in [1.29, 1.82) is 0 Å². The average molecular weight is 188 g/mol. The van der Waals surface area contributed by atoms with Crippen LogP contribution in [0.3, 0.4) is 0 Å². The van der Waals surface area contributed by atoms with Gasteiger partial charge in [0, 0.05) is 0 Å². The van der Waals surface area contributed by atoms with E-state index >= 15 is 0 Å². The smallest absolute Gasteiger partial charge is 0.473 e. The SMILES string of the molecule is O=C(O)C(=O)O.[CH2-]CCCC[CH2-].[Li+].[Li+]. The summed E-state index contributed by atoms with van der Waals surface area (Å²) < 4.78 is 0. The van der Waals surface area contributed by atoms with Crippen LogP contribution >= 0.6 is 0 Å². The Morgan fingerprint density at radius 3 is 1.14 bits per heavy atom. The van der Waals surface area contributed by atoms with Gasteiger partial charge in [-0.05, 0) is 0 Å². The third kappa shape index (κ3) is 29.6. The van der Waals surface area contributed by atoms with Crippen molar-refractivity contribution < 1.29 is 57.5 Å². The first-order valence-corrected chi connectivity index (χ1v) is 3.61. The molecule has 0 fully saturated rings. The molecule has 0 spiro atoms. The third-order valence-electron chi connectivity index (χ3n) is 0.933. The van der Waals surface area contributed by atoms with Gasteiger partial charge >= 0.3 is 49.7 Å². The molecule has 0 aliphatic carbocycles. The van der Waals surface area contributed by atoms with Crippen LogP contribution in [0.1, 0.15) is 25.7 Å². The average Bonchev–Trinajstić information content (AvgIpc) is 2.02. The van der Waals surface area contributed by atoms with Crippen molar-refractivity contribution >= 4 is 11.9 Å². The maximum Gasteiger partial charge on any atom is 1.00 e. The van der Waals surface area contributed by atoms with E-state index in [2.05, 4.69) is 13.8 Å². The maximum absolute atomic E-state index is 9.10. The molecule has 0 radical (unpaired) electrons. The summed E-state index contributed by atoms with van der Waals surface area (Å²) in [5.74, 6) is -3.65. The molecule has 2 N–H and O–H groups in total. The predicted molar refractivity (Wildman–Crippen MR) is 44.5 cm³/mol. The van der Waals surface area contributed by atoms with Crippen LogP contribution in [0.2, 0.25) is 0 Å². The van der Waals surface area contributed by atoms with E-state index in [0.29, 0.717) is 0 Å². The summed E-state index contributed by atoms with van der Waals surface area (Å²) in [5, 5.41) is 14.8. The van der Waals surface area contributed by atoms with Gasteiger partial charge in [0.25, 0.3) is 0 Å². The zero-order valence-electron chi connectivity index (χ0n) is 8.95. The Morgan fingerprint density at radius 1 is 0.857 bits per heavy atom. The fourth-order valence-electron chi connectivity index (χ4n) is 0.354. The van der Waals surface area contributed by atoms with E-state index in [0.717, 1.165) is 12.8 Å². The predicted octanol–water partition coefficient (Wildman–Crippen LogP) is -4.62. The van der Waals surface area contributed by atoms with Crippen LogP contribution in [0.4, 0.5) is 0 Å². The molecule has 0 unspecified atom stereocenters. The van der Waals surface area contributed by atoms with Gasteiger partial charge in [-0.1, -0.05) is 12.8 Å². The van der Waals surface area contributed by atoms with Gasteiger partial charge in [-0.15, -0.1) is 0 Å². The van der Waals surface area contributed by atoms with Crippen molar-refractivity contribution in [3.63, 3.8) is 0 Å². The molecule has 0 saturated carbocycles. The van der Waals surface area contributed by atoms with Gasteiger partial charge in [0.15, 0.2) is 0 Å².